The predicted molar refractivity (Wildman–Crippen MR) is 116 cm³/mol. The van der Waals surface area contributed by atoms with Crippen LogP contribution in [0, 0.1) is 0 Å². The smallest absolute Gasteiger partial charge is 0.465 e. The van der Waals surface area contributed by atoms with Crippen LogP contribution in [0.25, 0.3) is 0 Å². The van der Waals surface area contributed by atoms with E-state index < -0.39 is 45.5 Å². The van der Waals surface area contributed by atoms with Crippen LogP contribution in [-0.2, 0) is 32.7 Å². The van der Waals surface area contributed by atoms with Crippen molar-refractivity contribution in [1.82, 2.24) is 10.2 Å². The monoisotopic (exact) mass is 496 g/mol. The number of rotatable bonds is 9. The lowest BCUT2D eigenvalue weighted by Crippen LogP contribution is -2.49. The lowest BCUT2D eigenvalue weighted by molar-refractivity contribution is -0.235. The molecule has 13 heteroatoms. The molecule has 3 aliphatic rings. The van der Waals surface area contributed by atoms with Gasteiger partial charge < -0.3 is 38.0 Å². The number of ether oxygens (including phenoxy) is 5. The number of nitrogens with zero attached hydrogens (tertiary/aromatic N) is 1. The Bertz CT molecular complexity index is 973. The molecule has 5 atom stereocenters. The fourth-order valence-corrected chi connectivity index (χ4v) is 4.31. The van der Waals surface area contributed by atoms with Gasteiger partial charge in [-0.15, -0.1) is 0 Å². The Morgan fingerprint density at radius 1 is 1.26 bits per heavy atom. The second kappa shape index (κ2) is 10.7. The van der Waals surface area contributed by atoms with Gasteiger partial charge >= 0.3 is 20.6 Å². The molecular weight excluding hydrogens is 471 g/mol. The van der Waals surface area contributed by atoms with Crippen LogP contribution in [0.2, 0.25) is 0 Å². The third-order valence-electron chi connectivity index (χ3n) is 5.10. The van der Waals surface area contributed by atoms with Crippen molar-refractivity contribution in [3.05, 3.63) is 54.1 Å². The molecule has 0 saturated carbocycles. The summed E-state index contributed by atoms with van der Waals surface area (Å²) in [6, 6.07) is 6.27. The molecular formula is C21H25N2O10P. The van der Waals surface area contributed by atoms with Crippen LogP contribution in [0.5, 0.6) is 5.75 Å². The van der Waals surface area contributed by atoms with Crippen molar-refractivity contribution in [3.8, 4) is 5.75 Å². The minimum absolute atomic E-state index is 0.0844. The standard InChI is InChI=1S/C21H25N2O10P/c1-12-16(26-3)9-23(20(25)22-12)13(2)30-18(17-10-28-21(27-4)31-17)11-29-34-32-15-8-6-5-7-14(15)19(24)33-34/h5-9,13,17-18,21H,1,10-11H2,2-4H3,(H,22,25)/t13?,17?,18-,21?,34?/m1/s1. The number of hydrogen-bond donors (Lipinski definition) is 1. The molecule has 1 aromatic rings. The first-order valence-corrected chi connectivity index (χ1v) is 11.4. The van der Waals surface area contributed by atoms with E-state index in [9.17, 15) is 9.59 Å². The van der Waals surface area contributed by atoms with Gasteiger partial charge in [0.25, 0.3) is 6.48 Å². The summed E-state index contributed by atoms with van der Waals surface area (Å²) in [7, 11) is 0.895. The highest BCUT2D eigenvalue weighted by Gasteiger charge is 2.39. The van der Waals surface area contributed by atoms with E-state index in [4.69, 9.17) is 37.3 Å². The number of nitrogens with one attached hydrogen (secondary N) is 1. The first-order valence-electron chi connectivity index (χ1n) is 10.3. The minimum Gasteiger partial charge on any atom is -0.493 e. The van der Waals surface area contributed by atoms with Gasteiger partial charge in [-0.2, -0.15) is 0 Å². The maximum atomic E-state index is 12.5. The van der Waals surface area contributed by atoms with Crippen molar-refractivity contribution in [2.75, 3.05) is 27.4 Å². The van der Waals surface area contributed by atoms with Crippen LogP contribution in [0.15, 0.2) is 48.5 Å². The van der Waals surface area contributed by atoms with Gasteiger partial charge in [0.15, 0.2) is 5.76 Å². The number of benzene rings is 1. The zero-order valence-corrected chi connectivity index (χ0v) is 19.7. The average Bonchev–Trinajstić information content (AvgIpc) is 3.31. The molecule has 1 saturated heterocycles. The zero-order valence-electron chi connectivity index (χ0n) is 18.8. The summed E-state index contributed by atoms with van der Waals surface area (Å²) < 4.78 is 44.2. The molecule has 1 N–H and O–H groups in total. The molecule has 0 radical (unpaired) electrons. The molecule has 12 nitrogen and oxygen atoms in total. The molecule has 2 amide bonds. The highest BCUT2D eigenvalue weighted by molar-refractivity contribution is 7.43. The largest absolute Gasteiger partial charge is 0.493 e. The van der Waals surface area contributed by atoms with Crippen LogP contribution >= 0.6 is 8.60 Å². The van der Waals surface area contributed by atoms with E-state index in [0.29, 0.717) is 22.8 Å². The molecule has 1 fully saturated rings. The predicted octanol–water partition coefficient (Wildman–Crippen LogP) is 2.58. The lowest BCUT2D eigenvalue weighted by atomic mass is 10.2. The Labute approximate surface area is 197 Å². The van der Waals surface area contributed by atoms with Gasteiger partial charge in [-0.3, -0.25) is 9.42 Å². The van der Waals surface area contributed by atoms with Crippen molar-refractivity contribution >= 4 is 20.6 Å². The number of fused-ring (bicyclic) bond motifs is 1. The zero-order chi connectivity index (χ0) is 24.2. The van der Waals surface area contributed by atoms with E-state index in [-0.39, 0.29) is 13.2 Å². The molecule has 0 bridgehead atoms. The third-order valence-corrected chi connectivity index (χ3v) is 6.12. The number of para-hydroxylation sites is 1. The van der Waals surface area contributed by atoms with E-state index in [1.54, 1.807) is 31.2 Å². The molecule has 4 rings (SSSR count). The molecule has 0 spiro atoms. The molecule has 184 valence electrons. The highest BCUT2D eigenvalue weighted by Crippen LogP contribution is 2.47. The first kappa shape index (κ1) is 24.4. The van der Waals surface area contributed by atoms with Crippen molar-refractivity contribution in [2.24, 2.45) is 0 Å². The fraction of sp³-hybridized carbons (Fsp3) is 0.429. The van der Waals surface area contributed by atoms with Gasteiger partial charge in [-0.1, -0.05) is 18.7 Å². The number of carbonyl (C=O) groups excluding carboxylic acids is 2. The second-order valence-corrected chi connectivity index (χ2v) is 8.38. The molecule has 4 unspecified atom stereocenters. The maximum absolute atomic E-state index is 12.5. The summed E-state index contributed by atoms with van der Waals surface area (Å²) >= 11 is 0. The van der Waals surface area contributed by atoms with Crippen LogP contribution in [0.3, 0.4) is 0 Å². The molecule has 3 aliphatic heterocycles. The van der Waals surface area contributed by atoms with Crippen molar-refractivity contribution in [1.29, 1.82) is 0 Å². The van der Waals surface area contributed by atoms with E-state index in [0.717, 1.165) is 0 Å². The Hall–Kier alpha value is -2.73. The summed E-state index contributed by atoms with van der Waals surface area (Å²) in [6.45, 7) is 4.62. The Kier molecular flexibility index (Phi) is 7.67. The summed E-state index contributed by atoms with van der Waals surface area (Å²) in [5.41, 5.74) is 0.658. The second-order valence-electron chi connectivity index (χ2n) is 7.31. The number of urea groups is 1. The van der Waals surface area contributed by atoms with Crippen LogP contribution in [0.4, 0.5) is 4.79 Å². The summed E-state index contributed by atoms with van der Waals surface area (Å²) in [6.07, 6.45) is -0.612. The van der Waals surface area contributed by atoms with E-state index >= 15 is 0 Å². The van der Waals surface area contributed by atoms with Crippen molar-refractivity contribution in [2.45, 2.75) is 31.8 Å². The van der Waals surface area contributed by atoms with Crippen molar-refractivity contribution in [3.63, 3.8) is 0 Å². The van der Waals surface area contributed by atoms with Gasteiger partial charge in [0.05, 0.1) is 32.2 Å². The topological polar surface area (TPSA) is 123 Å². The number of carbonyl (C=O) groups is 2. The van der Waals surface area contributed by atoms with E-state index in [1.165, 1.54) is 25.3 Å². The first-order chi connectivity index (χ1) is 16.4. The van der Waals surface area contributed by atoms with Crippen LogP contribution in [0.1, 0.15) is 17.3 Å². The number of hydrogen-bond acceptors (Lipinski definition) is 10. The third kappa shape index (κ3) is 5.33. The molecule has 3 heterocycles. The average molecular weight is 496 g/mol. The molecule has 34 heavy (non-hydrogen) atoms. The summed E-state index contributed by atoms with van der Waals surface area (Å²) in [5.74, 6) is 0.214. The normalized spacial score (nSPS) is 26.1. The minimum atomic E-state index is -2.02. The van der Waals surface area contributed by atoms with E-state index in [1.807, 2.05) is 0 Å². The quantitative estimate of drug-likeness (QED) is 0.510. The summed E-state index contributed by atoms with van der Waals surface area (Å²) in [5, 5.41) is 2.61. The fourth-order valence-electron chi connectivity index (χ4n) is 3.35. The SMILES string of the molecule is C=C1NC(=O)N(C(C)O[C@H](COP2OC(=O)c3ccccc3O2)C2COC(OC)O2)C=C1OC. The van der Waals surface area contributed by atoms with Gasteiger partial charge in [0.1, 0.15) is 29.7 Å². The highest BCUT2D eigenvalue weighted by atomic mass is 31.2. The van der Waals surface area contributed by atoms with Crippen LogP contribution in [-0.4, -0.2) is 69.2 Å². The van der Waals surface area contributed by atoms with Crippen molar-refractivity contribution < 1.29 is 46.8 Å². The molecule has 0 aliphatic carbocycles. The number of methoxy groups -OCH3 is 2. The van der Waals surface area contributed by atoms with Gasteiger partial charge in [0.2, 0.25) is 0 Å². The summed E-state index contributed by atoms with van der Waals surface area (Å²) in [4.78, 5) is 26.0. The number of amides is 2. The van der Waals surface area contributed by atoms with Gasteiger partial charge in [-0.05, 0) is 19.1 Å². The molecule has 0 aromatic heterocycles. The van der Waals surface area contributed by atoms with Crippen LogP contribution < -0.4 is 9.84 Å². The van der Waals surface area contributed by atoms with Gasteiger partial charge in [0, 0.05) is 7.11 Å². The van der Waals surface area contributed by atoms with Gasteiger partial charge in [-0.25, -0.2) is 9.59 Å². The maximum Gasteiger partial charge on any atom is 0.465 e. The lowest BCUT2D eigenvalue weighted by Gasteiger charge is -2.34. The Balaban J connectivity index is 1.45. The Morgan fingerprint density at radius 2 is 2.06 bits per heavy atom. The molecule has 1 aromatic carbocycles. The Morgan fingerprint density at radius 3 is 2.79 bits per heavy atom. The van der Waals surface area contributed by atoms with E-state index in [2.05, 4.69) is 11.9 Å².